The van der Waals surface area contributed by atoms with Gasteiger partial charge in [0.1, 0.15) is 11.6 Å². The molecule has 1 aliphatic rings. The summed E-state index contributed by atoms with van der Waals surface area (Å²) in [6, 6.07) is 11.5. The fraction of sp³-hybridized carbons (Fsp3) is 0.250. The van der Waals surface area contributed by atoms with Crippen molar-refractivity contribution < 1.29 is 8.78 Å². The van der Waals surface area contributed by atoms with E-state index < -0.39 is 11.6 Å². The van der Waals surface area contributed by atoms with E-state index in [1.807, 2.05) is 24.3 Å². The summed E-state index contributed by atoms with van der Waals surface area (Å²) in [5.74, 6) is -1.08. The van der Waals surface area contributed by atoms with Crippen LogP contribution in [0.25, 0.3) is 11.1 Å². The fourth-order valence-corrected chi connectivity index (χ4v) is 2.58. The molecule has 3 heteroatoms. The maximum atomic E-state index is 13.3. The standard InChI is InChI=1S/C16H15F2N/c17-14-8-13(9-15(18)11-14)12-4-3-5-16(10-12)19-6-1-2-7-19/h3-5,8-11H,1-2,6-7H2. The molecule has 0 bridgehead atoms. The summed E-state index contributed by atoms with van der Waals surface area (Å²) in [4.78, 5) is 2.30. The van der Waals surface area contributed by atoms with Crippen molar-refractivity contribution in [1.82, 2.24) is 0 Å². The number of halogens is 2. The highest BCUT2D eigenvalue weighted by Crippen LogP contribution is 2.27. The molecular formula is C16H15F2N. The quantitative estimate of drug-likeness (QED) is 0.780. The molecule has 0 atom stereocenters. The van der Waals surface area contributed by atoms with Gasteiger partial charge < -0.3 is 4.90 Å². The zero-order chi connectivity index (χ0) is 13.2. The minimum absolute atomic E-state index is 0.540. The van der Waals surface area contributed by atoms with E-state index in [1.54, 1.807) is 0 Å². The lowest BCUT2D eigenvalue weighted by Gasteiger charge is -2.18. The molecule has 0 aromatic heterocycles. The zero-order valence-corrected chi connectivity index (χ0v) is 10.6. The molecule has 2 aromatic carbocycles. The lowest BCUT2D eigenvalue weighted by molar-refractivity contribution is 0.584. The average molecular weight is 259 g/mol. The normalized spacial score (nSPS) is 14.9. The number of nitrogens with zero attached hydrogens (tertiary/aromatic N) is 1. The molecule has 1 nitrogen and oxygen atoms in total. The molecule has 0 radical (unpaired) electrons. The van der Waals surface area contributed by atoms with Crippen LogP contribution in [0.2, 0.25) is 0 Å². The SMILES string of the molecule is Fc1cc(F)cc(-c2cccc(N3CCCC3)c2)c1. The van der Waals surface area contributed by atoms with Crippen LogP contribution in [0, 0.1) is 11.6 Å². The molecule has 19 heavy (non-hydrogen) atoms. The average Bonchev–Trinajstić information content (AvgIpc) is 2.92. The van der Waals surface area contributed by atoms with Crippen molar-refractivity contribution in [2.75, 3.05) is 18.0 Å². The van der Waals surface area contributed by atoms with Gasteiger partial charge in [-0.25, -0.2) is 8.78 Å². The second kappa shape index (κ2) is 5.00. The Bertz CT molecular complexity index is 569. The summed E-state index contributed by atoms with van der Waals surface area (Å²) >= 11 is 0. The molecule has 0 saturated carbocycles. The van der Waals surface area contributed by atoms with Gasteiger partial charge >= 0.3 is 0 Å². The van der Waals surface area contributed by atoms with Gasteiger partial charge in [-0.15, -0.1) is 0 Å². The van der Waals surface area contributed by atoms with Gasteiger partial charge in [-0.3, -0.25) is 0 Å². The molecule has 0 unspecified atom stereocenters. The van der Waals surface area contributed by atoms with Crippen molar-refractivity contribution in [3.8, 4) is 11.1 Å². The summed E-state index contributed by atoms with van der Waals surface area (Å²) in [6.07, 6.45) is 2.41. The summed E-state index contributed by atoms with van der Waals surface area (Å²) in [5, 5.41) is 0. The Hall–Kier alpha value is -1.90. The van der Waals surface area contributed by atoms with Crippen molar-refractivity contribution >= 4 is 5.69 Å². The molecule has 2 aromatic rings. The molecule has 0 N–H and O–H groups in total. The van der Waals surface area contributed by atoms with Crippen LogP contribution in [0.1, 0.15) is 12.8 Å². The molecule has 3 rings (SSSR count). The topological polar surface area (TPSA) is 3.24 Å². The number of benzene rings is 2. The Kier molecular flexibility index (Phi) is 3.20. The highest BCUT2D eigenvalue weighted by molar-refractivity contribution is 5.68. The van der Waals surface area contributed by atoms with E-state index in [2.05, 4.69) is 4.90 Å². The molecule has 98 valence electrons. The molecule has 1 aliphatic heterocycles. The van der Waals surface area contributed by atoms with Crippen LogP contribution in [0.5, 0.6) is 0 Å². The number of hydrogen-bond acceptors (Lipinski definition) is 1. The molecule has 1 heterocycles. The van der Waals surface area contributed by atoms with Gasteiger partial charge in [-0.1, -0.05) is 12.1 Å². The van der Waals surface area contributed by atoms with Crippen molar-refractivity contribution in [3.05, 3.63) is 54.1 Å². The Balaban J connectivity index is 1.98. The summed E-state index contributed by atoms with van der Waals surface area (Å²) in [7, 11) is 0. The molecule has 1 saturated heterocycles. The second-order valence-electron chi connectivity index (χ2n) is 4.90. The smallest absolute Gasteiger partial charge is 0.126 e. The third-order valence-electron chi connectivity index (χ3n) is 3.51. The first-order valence-electron chi connectivity index (χ1n) is 6.54. The molecule has 0 amide bonds. The lowest BCUT2D eigenvalue weighted by atomic mass is 10.0. The summed E-state index contributed by atoms with van der Waals surface area (Å²) in [6.45, 7) is 2.11. The predicted molar refractivity (Wildman–Crippen MR) is 73.2 cm³/mol. The minimum Gasteiger partial charge on any atom is -0.372 e. The first-order chi connectivity index (χ1) is 9.22. The predicted octanol–water partition coefficient (Wildman–Crippen LogP) is 4.23. The first-order valence-corrected chi connectivity index (χ1v) is 6.54. The van der Waals surface area contributed by atoms with Crippen LogP contribution < -0.4 is 4.90 Å². The van der Waals surface area contributed by atoms with Crippen molar-refractivity contribution in [2.24, 2.45) is 0 Å². The van der Waals surface area contributed by atoms with Crippen LogP contribution in [0.3, 0.4) is 0 Å². The number of anilines is 1. The Labute approximate surface area is 111 Å². The maximum absolute atomic E-state index is 13.3. The lowest BCUT2D eigenvalue weighted by Crippen LogP contribution is -2.17. The number of hydrogen-bond donors (Lipinski definition) is 0. The van der Waals surface area contributed by atoms with Gasteiger partial charge in [-0.2, -0.15) is 0 Å². The van der Waals surface area contributed by atoms with E-state index in [4.69, 9.17) is 0 Å². The zero-order valence-electron chi connectivity index (χ0n) is 10.6. The largest absolute Gasteiger partial charge is 0.372 e. The molecule has 1 fully saturated rings. The highest BCUT2D eigenvalue weighted by atomic mass is 19.1. The van der Waals surface area contributed by atoms with E-state index in [1.165, 1.54) is 25.0 Å². The Morgan fingerprint density at radius 3 is 2.16 bits per heavy atom. The fourth-order valence-electron chi connectivity index (χ4n) is 2.58. The van der Waals surface area contributed by atoms with E-state index in [-0.39, 0.29) is 0 Å². The summed E-state index contributed by atoms with van der Waals surface area (Å²) in [5.41, 5.74) is 2.56. The van der Waals surface area contributed by atoms with Crippen LogP contribution in [0.4, 0.5) is 14.5 Å². The van der Waals surface area contributed by atoms with Gasteiger partial charge in [-0.05, 0) is 48.2 Å². The number of rotatable bonds is 2. The molecule has 0 spiro atoms. The van der Waals surface area contributed by atoms with Gasteiger partial charge in [0.05, 0.1) is 0 Å². The third kappa shape index (κ3) is 2.60. The highest BCUT2D eigenvalue weighted by Gasteiger charge is 2.13. The summed E-state index contributed by atoms with van der Waals surface area (Å²) < 4.78 is 26.5. The van der Waals surface area contributed by atoms with Crippen LogP contribution >= 0.6 is 0 Å². The first kappa shape index (κ1) is 12.2. The van der Waals surface area contributed by atoms with Gasteiger partial charge in [0.15, 0.2) is 0 Å². The maximum Gasteiger partial charge on any atom is 0.126 e. The van der Waals surface area contributed by atoms with E-state index in [0.717, 1.165) is 30.4 Å². The van der Waals surface area contributed by atoms with E-state index in [0.29, 0.717) is 5.56 Å². The monoisotopic (exact) mass is 259 g/mol. The van der Waals surface area contributed by atoms with Crippen molar-refractivity contribution in [1.29, 1.82) is 0 Å². The van der Waals surface area contributed by atoms with E-state index in [9.17, 15) is 8.78 Å². The van der Waals surface area contributed by atoms with Gasteiger partial charge in [0, 0.05) is 24.8 Å². The van der Waals surface area contributed by atoms with E-state index >= 15 is 0 Å². The van der Waals surface area contributed by atoms with Crippen LogP contribution in [-0.4, -0.2) is 13.1 Å². The van der Waals surface area contributed by atoms with Crippen LogP contribution in [0.15, 0.2) is 42.5 Å². The Morgan fingerprint density at radius 1 is 0.789 bits per heavy atom. The Morgan fingerprint density at radius 2 is 1.47 bits per heavy atom. The molecule has 0 aliphatic carbocycles. The van der Waals surface area contributed by atoms with Gasteiger partial charge in [0.2, 0.25) is 0 Å². The third-order valence-corrected chi connectivity index (χ3v) is 3.51. The minimum atomic E-state index is -0.540. The van der Waals surface area contributed by atoms with Crippen molar-refractivity contribution in [2.45, 2.75) is 12.8 Å². The van der Waals surface area contributed by atoms with Crippen LogP contribution in [-0.2, 0) is 0 Å². The van der Waals surface area contributed by atoms with Gasteiger partial charge in [0.25, 0.3) is 0 Å². The second-order valence-corrected chi connectivity index (χ2v) is 4.90. The molecular weight excluding hydrogens is 244 g/mol. The van der Waals surface area contributed by atoms with Crippen molar-refractivity contribution in [3.63, 3.8) is 0 Å².